The molecule has 2 N–H and O–H groups in total. The van der Waals surface area contributed by atoms with Gasteiger partial charge in [0.1, 0.15) is 17.0 Å². The molecule has 0 saturated heterocycles. The Hall–Kier alpha value is -2.94. The molecule has 0 aliphatic rings. The zero-order chi connectivity index (χ0) is 22.5. The molecule has 31 heavy (non-hydrogen) atoms. The van der Waals surface area contributed by atoms with Gasteiger partial charge in [0, 0.05) is 18.3 Å². The van der Waals surface area contributed by atoms with Crippen LogP contribution in [0.5, 0.6) is 11.5 Å². The van der Waals surface area contributed by atoms with Crippen molar-refractivity contribution in [3.8, 4) is 11.5 Å². The van der Waals surface area contributed by atoms with Crippen LogP contribution in [0.15, 0.2) is 34.2 Å². The molecule has 0 atom stereocenters. The Labute approximate surface area is 185 Å². The van der Waals surface area contributed by atoms with Crippen molar-refractivity contribution in [2.24, 2.45) is 5.92 Å². The average Bonchev–Trinajstić information content (AvgIpc) is 3.12. The topological polar surface area (TPSA) is 98.2 Å². The standard InChI is InChI=1S/C22H28N4O4S/c1-13(2)8-9-26-21(28)20-17(10-14(3)23-20)25-22(26)31-12-19(27)24-16-11-15(29-4)6-7-18(16)30-5/h6-7,10-11,13,23H,8-9,12H2,1-5H3,(H,24,27). The molecule has 0 unspecified atom stereocenters. The highest BCUT2D eigenvalue weighted by Gasteiger charge is 2.16. The van der Waals surface area contributed by atoms with Gasteiger partial charge in [-0.25, -0.2) is 4.98 Å². The summed E-state index contributed by atoms with van der Waals surface area (Å²) in [5.41, 5.74) is 2.39. The van der Waals surface area contributed by atoms with E-state index in [2.05, 4.69) is 29.1 Å². The third kappa shape index (κ3) is 5.41. The van der Waals surface area contributed by atoms with Gasteiger partial charge in [0.2, 0.25) is 5.91 Å². The fraction of sp³-hybridized carbons (Fsp3) is 0.409. The average molecular weight is 445 g/mol. The number of aryl methyl sites for hydroxylation is 1. The van der Waals surface area contributed by atoms with Gasteiger partial charge in [0.05, 0.1) is 31.2 Å². The smallest absolute Gasteiger partial charge is 0.278 e. The molecule has 166 valence electrons. The lowest BCUT2D eigenvalue weighted by Gasteiger charge is -2.14. The molecule has 8 nitrogen and oxygen atoms in total. The molecular weight excluding hydrogens is 416 g/mol. The number of fused-ring (bicyclic) bond motifs is 1. The number of amides is 1. The van der Waals surface area contributed by atoms with Gasteiger partial charge in [-0.2, -0.15) is 0 Å². The second kappa shape index (κ2) is 9.91. The number of ether oxygens (including phenoxy) is 2. The zero-order valence-corrected chi connectivity index (χ0v) is 19.3. The molecule has 2 heterocycles. The van der Waals surface area contributed by atoms with Crippen molar-refractivity contribution >= 4 is 34.4 Å². The summed E-state index contributed by atoms with van der Waals surface area (Å²) in [6.07, 6.45) is 0.841. The van der Waals surface area contributed by atoms with Crippen LogP contribution in [0.4, 0.5) is 5.69 Å². The van der Waals surface area contributed by atoms with Crippen LogP contribution in [0.2, 0.25) is 0 Å². The lowest BCUT2D eigenvalue weighted by atomic mass is 10.1. The first-order valence-corrected chi connectivity index (χ1v) is 11.1. The highest BCUT2D eigenvalue weighted by atomic mass is 32.2. The predicted molar refractivity (Wildman–Crippen MR) is 123 cm³/mol. The van der Waals surface area contributed by atoms with Crippen LogP contribution < -0.4 is 20.3 Å². The largest absolute Gasteiger partial charge is 0.497 e. The summed E-state index contributed by atoms with van der Waals surface area (Å²) >= 11 is 1.24. The monoisotopic (exact) mass is 444 g/mol. The number of rotatable bonds is 9. The van der Waals surface area contributed by atoms with Crippen LogP contribution in [0.1, 0.15) is 26.0 Å². The van der Waals surface area contributed by atoms with Gasteiger partial charge in [-0.15, -0.1) is 0 Å². The van der Waals surface area contributed by atoms with Crippen molar-refractivity contribution in [2.75, 3.05) is 25.3 Å². The number of thioether (sulfide) groups is 1. The summed E-state index contributed by atoms with van der Waals surface area (Å²) in [5.74, 6) is 1.46. The summed E-state index contributed by atoms with van der Waals surface area (Å²) in [6, 6.07) is 7.03. The minimum absolute atomic E-state index is 0.101. The Bertz CT molecular complexity index is 1140. The molecule has 3 rings (SSSR count). The van der Waals surface area contributed by atoms with E-state index in [9.17, 15) is 9.59 Å². The van der Waals surface area contributed by atoms with Crippen LogP contribution in [0, 0.1) is 12.8 Å². The van der Waals surface area contributed by atoms with Crippen LogP contribution in [-0.2, 0) is 11.3 Å². The molecule has 0 aliphatic heterocycles. The van der Waals surface area contributed by atoms with Crippen molar-refractivity contribution in [3.05, 3.63) is 40.3 Å². The normalized spacial score (nSPS) is 11.2. The Morgan fingerprint density at radius 3 is 2.71 bits per heavy atom. The van der Waals surface area contributed by atoms with Crippen molar-refractivity contribution in [1.82, 2.24) is 14.5 Å². The van der Waals surface area contributed by atoms with E-state index in [1.807, 2.05) is 13.0 Å². The lowest BCUT2D eigenvalue weighted by Crippen LogP contribution is -2.25. The predicted octanol–water partition coefficient (Wildman–Crippen LogP) is 3.83. The first-order chi connectivity index (χ1) is 14.8. The first-order valence-electron chi connectivity index (χ1n) is 10.1. The van der Waals surface area contributed by atoms with Crippen molar-refractivity contribution < 1.29 is 14.3 Å². The van der Waals surface area contributed by atoms with Crippen molar-refractivity contribution in [1.29, 1.82) is 0 Å². The van der Waals surface area contributed by atoms with E-state index in [0.717, 1.165) is 12.1 Å². The molecule has 0 fully saturated rings. The number of H-pyrrole nitrogens is 1. The summed E-state index contributed by atoms with van der Waals surface area (Å²) < 4.78 is 12.2. The lowest BCUT2D eigenvalue weighted by molar-refractivity contribution is -0.113. The van der Waals surface area contributed by atoms with Crippen LogP contribution >= 0.6 is 11.8 Å². The number of aromatic amines is 1. The van der Waals surface area contributed by atoms with E-state index in [-0.39, 0.29) is 17.2 Å². The van der Waals surface area contributed by atoms with Gasteiger partial charge in [0.25, 0.3) is 5.56 Å². The second-order valence-corrected chi connectivity index (χ2v) is 8.59. The highest BCUT2D eigenvalue weighted by Crippen LogP contribution is 2.29. The van der Waals surface area contributed by atoms with Gasteiger partial charge < -0.3 is 19.8 Å². The number of nitrogens with one attached hydrogen (secondary N) is 2. The van der Waals surface area contributed by atoms with Gasteiger partial charge >= 0.3 is 0 Å². The van der Waals surface area contributed by atoms with E-state index in [1.165, 1.54) is 18.9 Å². The maximum Gasteiger partial charge on any atom is 0.278 e. The quantitative estimate of drug-likeness (QED) is 0.385. The molecular formula is C22H28N4O4S. The molecule has 3 aromatic rings. The number of hydrogen-bond donors (Lipinski definition) is 2. The molecule has 0 radical (unpaired) electrons. The van der Waals surface area contributed by atoms with E-state index in [0.29, 0.717) is 45.8 Å². The maximum absolute atomic E-state index is 13.0. The Morgan fingerprint density at radius 2 is 2.03 bits per heavy atom. The third-order valence-corrected chi connectivity index (χ3v) is 5.76. The van der Waals surface area contributed by atoms with Crippen LogP contribution in [-0.4, -0.2) is 40.4 Å². The Kier molecular flexibility index (Phi) is 7.27. The molecule has 0 aliphatic carbocycles. The zero-order valence-electron chi connectivity index (χ0n) is 18.4. The molecule has 9 heteroatoms. The SMILES string of the molecule is COc1ccc(OC)c(NC(=O)CSc2nc3cc(C)[nH]c3c(=O)n2CCC(C)C)c1. The summed E-state index contributed by atoms with van der Waals surface area (Å²) in [4.78, 5) is 33.4. The number of carbonyl (C=O) groups excluding carboxylic acids is 1. The van der Waals surface area contributed by atoms with E-state index in [4.69, 9.17) is 9.47 Å². The Morgan fingerprint density at radius 1 is 1.26 bits per heavy atom. The van der Waals surface area contributed by atoms with Gasteiger partial charge in [-0.3, -0.25) is 14.2 Å². The molecule has 0 spiro atoms. The fourth-order valence-electron chi connectivity index (χ4n) is 3.13. The van der Waals surface area contributed by atoms with E-state index in [1.54, 1.807) is 29.9 Å². The Balaban J connectivity index is 1.82. The van der Waals surface area contributed by atoms with Crippen molar-refractivity contribution in [3.63, 3.8) is 0 Å². The summed E-state index contributed by atoms with van der Waals surface area (Å²) in [5, 5.41) is 3.38. The maximum atomic E-state index is 13.0. The number of benzene rings is 1. The number of aromatic nitrogens is 3. The molecule has 2 aromatic heterocycles. The minimum Gasteiger partial charge on any atom is -0.497 e. The molecule has 1 aromatic carbocycles. The van der Waals surface area contributed by atoms with Gasteiger partial charge in [-0.1, -0.05) is 25.6 Å². The third-order valence-electron chi connectivity index (χ3n) is 4.78. The minimum atomic E-state index is -0.230. The van der Waals surface area contributed by atoms with E-state index < -0.39 is 0 Å². The molecule has 1 amide bonds. The van der Waals surface area contributed by atoms with Crippen molar-refractivity contribution in [2.45, 2.75) is 38.9 Å². The van der Waals surface area contributed by atoms with Gasteiger partial charge in [0.15, 0.2) is 5.16 Å². The number of nitrogens with zero attached hydrogens (tertiary/aromatic N) is 2. The van der Waals surface area contributed by atoms with E-state index >= 15 is 0 Å². The first kappa shape index (κ1) is 22.7. The van der Waals surface area contributed by atoms with Crippen LogP contribution in [0.25, 0.3) is 11.0 Å². The number of anilines is 1. The number of carbonyl (C=O) groups is 1. The van der Waals surface area contributed by atoms with Crippen LogP contribution in [0.3, 0.4) is 0 Å². The molecule has 0 bridgehead atoms. The summed E-state index contributed by atoms with van der Waals surface area (Å²) in [6.45, 7) is 6.65. The number of hydrogen-bond acceptors (Lipinski definition) is 6. The number of methoxy groups -OCH3 is 2. The summed E-state index contributed by atoms with van der Waals surface area (Å²) in [7, 11) is 3.10. The highest BCUT2D eigenvalue weighted by molar-refractivity contribution is 7.99. The second-order valence-electron chi connectivity index (χ2n) is 7.65. The fourth-order valence-corrected chi connectivity index (χ4v) is 3.96. The molecule has 0 saturated carbocycles. The van der Waals surface area contributed by atoms with Gasteiger partial charge in [-0.05, 0) is 37.5 Å².